The van der Waals surface area contributed by atoms with Gasteiger partial charge in [0.05, 0.1) is 11.4 Å². The van der Waals surface area contributed by atoms with Crippen LogP contribution in [0.15, 0.2) is 12.1 Å². The van der Waals surface area contributed by atoms with E-state index in [9.17, 15) is 22.8 Å². The largest absolute Gasteiger partial charge is 0.448 e. The van der Waals surface area contributed by atoms with E-state index in [1.54, 1.807) is 0 Å². The number of piperazine rings is 1. The van der Waals surface area contributed by atoms with Gasteiger partial charge in [0.1, 0.15) is 6.61 Å². The molecule has 0 unspecified atom stereocenters. The van der Waals surface area contributed by atoms with Gasteiger partial charge in [-0.25, -0.2) is 18.0 Å². The van der Waals surface area contributed by atoms with Crippen molar-refractivity contribution >= 4 is 23.6 Å². The van der Waals surface area contributed by atoms with Gasteiger partial charge in [-0.3, -0.25) is 4.79 Å². The zero-order chi connectivity index (χ0) is 17.0. The van der Waals surface area contributed by atoms with Crippen molar-refractivity contribution in [1.82, 2.24) is 9.80 Å². The Kier molecular flexibility index (Phi) is 5.70. The summed E-state index contributed by atoms with van der Waals surface area (Å²) in [5.41, 5.74) is -0.540. The Balaban J connectivity index is 1.99. The lowest BCUT2D eigenvalue weighted by Gasteiger charge is -2.34. The Bertz CT molecular complexity index is 607. The van der Waals surface area contributed by atoms with E-state index >= 15 is 0 Å². The molecule has 0 spiro atoms. The van der Waals surface area contributed by atoms with E-state index in [2.05, 4.69) is 0 Å². The Hall–Kier alpha value is -1.96. The van der Waals surface area contributed by atoms with Crippen molar-refractivity contribution < 1.29 is 27.5 Å². The molecule has 5 nitrogen and oxygen atoms in total. The molecule has 1 aromatic rings. The van der Waals surface area contributed by atoms with Crippen molar-refractivity contribution in [2.45, 2.75) is 0 Å². The van der Waals surface area contributed by atoms with Crippen LogP contribution in [0, 0.1) is 17.5 Å². The molecule has 1 aromatic carbocycles. The van der Waals surface area contributed by atoms with Crippen LogP contribution in [0.5, 0.6) is 0 Å². The molecule has 2 rings (SSSR count). The fourth-order valence-corrected chi connectivity index (χ4v) is 2.25. The molecule has 0 N–H and O–H groups in total. The molecule has 2 amide bonds. The fraction of sp³-hybridized carbons (Fsp3) is 0.429. The number of hydrogen-bond donors (Lipinski definition) is 0. The molecule has 0 atom stereocenters. The van der Waals surface area contributed by atoms with Gasteiger partial charge in [0.25, 0.3) is 5.91 Å². The van der Waals surface area contributed by atoms with Gasteiger partial charge in [-0.2, -0.15) is 0 Å². The summed E-state index contributed by atoms with van der Waals surface area (Å²) in [6.07, 6.45) is -0.545. The average molecular weight is 351 g/mol. The monoisotopic (exact) mass is 350 g/mol. The fourth-order valence-electron chi connectivity index (χ4n) is 2.17. The lowest BCUT2D eigenvalue weighted by atomic mass is 10.1. The molecule has 0 bridgehead atoms. The lowest BCUT2D eigenvalue weighted by Crippen LogP contribution is -2.51. The summed E-state index contributed by atoms with van der Waals surface area (Å²) in [5.74, 6) is -5.13. The summed E-state index contributed by atoms with van der Waals surface area (Å²) in [6.45, 7) is 0.733. The summed E-state index contributed by atoms with van der Waals surface area (Å²) >= 11 is 5.41. The molecule has 23 heavy (non-hydrogen) atoms. The number of carbonyl (C=O) groups is 2. The number of carbonyl (C=O) groups excluding carboxylic acids is 2. The third-order valence-electron chi connectivity index (χ3n) is 3.39. The van der Waals surface area contributed by atoms with Gasteiger partial charge in [-0.15, -0.1) is 11.6 Å². The highest BCUT2D eigenvalue weighted by Crippen LogP contribution is 2.18. The van der Waals surface area contributed by atoms with Gasteiger partial charge < -0.3 is 14.5 Å². The summed E-state index contributed by atoms with van der Waals surface area (Å²) in [5, 5.41) is 0. The summed E-state index contributed by atoms with van der Waals surface area (Å²) < 4.78 is 44.6. The highest BCUT2D eigenvalue weighted by molar-refractivity contribution is 6.18. The second-order valence-corrected chi connectivity index (χ2v) is 5.18. The molecule has 9 heteroatoms. The third kappa shape index (κ3) is 3.87. The van der Waals surface area contributed by atoms with Crippen molar-refractivity contribution in [2.24, 2.45) is 0 Å². The number of alkyl halides is 1. The number of nitrogens with zero attached hydrogens (tertiary/aromatic N) is 2. The van der Waals surface area contributed by atoms with E-state index in [0.717, 1.165) is 6.07 Å². The third-order valence-corrected chi connectivity index (χ3v) is 3.55. The first-order valence-electron chi connectivity index (χ1n) is 6.86. The molecule has 1 fully saturated rings. The quantitative estimate of drug-likeness (QED) is 0.620. The minimum Gasteiger partial charge on any atom is -0.448 e. The lowest BCUT2D eigenvalue weighted by molar-refractivity contribution is 0.0567. The summed E-state index contributed by atoms with van der Waals surface area (Å²) in [4.78, 5) is 26.5. The van der Waals surface area contributed by atoms with Crippen molar-refractivity contribution in [1.29, 1.82) is 0 Å². The standard InChI is InChI=1S/C14H14ClF3N2O3/c15-3-8-23-14(22)20-6-4-19(5-7-20)13(21)9-1-2-10(16)12(18)11(9)17/h1-2H,3-8H2. The Morgan fingerprint density at radius 1 is 1.04 bits per heavy atom. The van der Waals surface area contributed by atoms with Gasteiger partial charge in [0, 0.05) is 26.2 Å². The van der Waals surface area contributed by atoms with Gasteiger partial charge in [-0.05, 0) is 12.1 Å². The van der Waals surface area contributed by atoms with Crippen LogP contribution >= 0.6 is 11.6 Å². The predicted octanol–water partition coefficient (Wildman–Crippen LogP) is 2.24. The Morgan fingerprint density at radius 2 is 1.65 bits per heavy atom. The molecule has 0 saturated carbocycles. The molecule has 0 aromatic heterocycles. The maximum Gasteiger partial charge on any atom is 0.409 e. The maximum atomic E-state index is 13.7. The SMILES string of the molecule is O=C(OCCCl)N1CCN(C(=O)c2ccc(F)c(F)c2F)CC1. The number of halogens is 4. The Morgan fingerprint density at radius 3 is 2.26 bits per heavy atom. The molecular formula is C14H14ClF3N2O3. The molecule has 1 aliphatic heterocycles. The van der Waals surface area contributed by atoms with Crippen molar-refractivity contribution in [3.8, 4) is 0 Å². The molecule has 0 aliphatic carbocycles. The number of hydrogen-bond acceptors (Lipinski definition) is 3. The van der Waals surface area contributed by atoms with Crippen molar-refractivity contribution in [2.75, 3.05) is 38.7 Å². The summed E-state index contributed by atoms with van der Waals surface area (Å²) in [7, 11) is 0. The van der Waals surface area contributed by atoms with Crippen LogP contribution in [0.25, 0.3) is 0 Å². The second-order valence-electron chi connectivity index (χ2n) is 4.81. The van der Waals surface area contributed by atoms with E-state index < -0.39 is 35.0 Å². The molecule has 1 saturated heterocycles. The van der Waals surface area contributed by atoms with Crippen LogP contribution < -0.4 is 0 Å². The normalized spacial score (nSPS) is 14.8. The smallest absolute Gasteiger partial charge is 0.409 e. The van der Waals surface area contributed by atoms with E-state index in [1.165, 1.54) is 9.80 Å². The molecular weight excluding hydrogens is 337 g/mol. The van der Waals surface area contributed by atoms with E-state index in [4.69, 9.17) is 16.3 Å². The van der Waals surface area contributed by atoms with E-state index in [0.29, 0.717) is 6.07 Å². The number of benzene rings is 1. The molecule has 1 aliphatic rings. The van der Waals surface area contributed by atoms with E-state index in [1.807, 2.05) is 0 Å². The highest BCUT2D eigenvalue weighted by atomic mass is 35.5. The van der Waals surface area contributed by atoms with Crippen LogP contribution in [0.2, 0.25) is 0 Å². The van der Waals surface area contributed by atoms with E-state index in [-0.39, 0.29) is 38.7 Å². The van der Waals surface area contributed by atoms with Gasteiger partial charge in [0.2, 0.25) is 0 Å². The summed E-state index contributed by atoms with van der Waals surface area (Å²) in [6, 6.07) is 1.60. The number of ether oxygens (including phenoxy) is 1. The molecule has 0 radical (unpaired) electrons. The topological polar surface area (TPSA) is 49.9 Å². The molecule has 126 valence electrons. The first kappa shape index (κ1) is 17.4. The predicted molar refractivity (Wildman–Crippen MR) is 75.9 cm³/mol. The first-order chi connectivity index (χ1) is 11.0. The zero-order valence-corrected chi connectivity index (χ0v) is 12.8. The highest BCUT2D eigenvalue weighted by Gasteiger charge is 2.28. The van der Waals surface area contributed by atoms with Gasteiger partial charge in [-0.1, -0.05) is 0 Å². The van der Waals surface area contributed by atoms with Crippen LogP contribution in [-0.2, 0) is 4.74 Å². The van der Waals surface area contributed by atoms with Crippen LogP contribution in [-0.4, -0.2) is 60.5 Å². The average Bonchev–Trinajstić information content (AvgIpc) is 2.57. The zero-order valence-electron chi connectivity index (χ0n) is 12.0. The van der Waals surface area contributed by atoms with Crippen molar-refractivity contribution in [3.63, 3.8) is 0 Å². The number of amides is 2. The Labute approximate surface area is 135 Å². The number of rotatable bonds is 3. The van der Waals surface area contributed by atoms with Crippen LogP contribution in [0.4, 0.5) is 18.0 Å². The first-order valence-corrected chi connectivity index (χ1v) is 7.39. The van der Waals surface area contributed by atoms with Crippen molar-refractivity contribution in [3.05, 3.63) is 35.1 Å². The van der Waals surface area contributed by atoms with Crippen LogP contribution in [0.1, 0.15) is 10.4 Å². The second kappa shape index (κ2) is 7.54. The minimum absolute atomic E-state index is 0.0829. The maximum absolute atomic E-state index is 13.7. The molecule has 1 heterocycles. The van der Waals surface area contributed by atoms with Gasteiger partial charge in [0.15, 0.2) is 17.5 Å². The van der Waals surface area contributed by atoms with Crippen LogP contribution in [0.3, 0.4) is 0 Å². The minimum atomic E-state index is -1.68. The van der Waals surface area contributed by atoms with Gasteiger partial charge >= 0.3 is 6.09 Å².